The molecule has 0 saturated heterocycles. The van der Waals surface area contributed by atoms with E-state index in [1.807, 2.05) is 0 Å². The number of phosphoric ester groups is 1. The van der Waals surface area contributed by atoms with E-state index in [1.54, 1.807) is 0 Å². The number of unbranched alkanes of at least 4 members (excludes halogenated alkanes) is 12. The monoisotopic (exact) mass is 674 g/mol. The van der Waals surface area contributed by atoms with Crippen LogP contribution in [0.1, 0.15) is 136 Å². The standard InChI is InChI=1S/C35H63O10P/c1-3-5-7-9-11-12-13-14-15-16-17-18-19-20-21-23-25-27-35(39)45-33(29-37)31-43-46(40,41)42-30-32(28-36)44-34(38)26-24-22-10-8-6-4-2/h5,7,11-12,14-15,32-33,36-37H,3-4,6,8-10,13,16-31H2,1-2H3,(H,40,41)/b7-5-,12-11-,15-14-. The first kappa shape index (κ1) is 44.2. The maximum absolute atomic E-state index is 12.2. The van der Waals surface area contributed by atoms with Crippen LogP contribution in [0, 0.1) is 0 Å². The number of aliphatic hydroxyl groups excluding tert-OH is 2. The van der Waals surface area contributed by atoms with Crippen LogP contribution >= 0.6 is 7.82 Å². The molecule has 0 rings (SSSR count). The molecule has 3 N–H and O–H groups in total. The van der Waals surface area contributed by atoms with Gasteiger partial charge in [0.2, 0.25) is 0 Å². The van der Waals surface area contributed by atoms with E-state index in [-0.39, 0.29) is 12.8 Å². The third-order valence-electron chi connectivity index (χ3n) is 7.12. The van der Waals surface area contributed by atoms with Crippen LogP contribution in [0.4, 0.5) is 0 Å². The van der Waals surface area contributed by atoms with Gasteiger partial charge in [-0.1, -0.05) is 115 Å². The van der Waals surface area contributed by atoms with Crippen molar-refractivity contribution < 1.29 is 47.8 Å². The molecule has 268 valence electrons. The smallest absolute Gasteiger partial charge is 0.457 e. The zero-order chi connectivity index (χ0) is 34.1. The third-order valence-corrected chi connectivity index (χ3v) is 8.07. The largest absolute Gasteiger partial charge is 0.472 e. The average molecular weight is 675 g/mol. The minimum atomic E-state index is -4.62. The van der Waals surface area contributed by atoms with Crippen LogP contribution in [-0.2, 0) is 32.7 Å². The van der Waals surface area contributed by atoms with Gasteiger partial charge in [0.15, 0.2) is 0 Å². The minimum Gasteiger partial charge on any atom is -0.457 e. The zero-order valence-corrected chi connectivity index (χ0v) is 29.4. The third kappa shape index (κ3) is 29.6. The summed E-state index contributed by atoms with van der Waals surface area (Å²) in [6, 6.07) is 0. The van der Waals surface area contributed by atoms with Crippen molar-refractivity contribution in [2.75, 3.05) is 26.4 Å². The summed E-state index contributed by atoms with van der Waals surface area (Å²) < 4.78 is 32.2. The van der Waals surface area contributed by atoms with Gasteiger partial charge in [-0.2, -0.15) is 0 Å². The van der Waals surface area contributed by atoms with Crippen LogP contribution in [0.15, 0.2) is 36.5 Å². The number of carbonyl (C=O) groups is 2. The average Bonchev–Trinajstić information content (AvgIpc) is 3.04. The Kier molecular flexibility index (Phi) is 30.5. The molecule has 3 unspecified atom stereocenters. The normalized spacial score (nSPS) is 14.6. The molecule has 10 nitrogen and oxygen atoms in total. The molecule has 0 aromatic rings. The minimum absolute atomic E-state index is 0.181. The van der Waals surface area contributed by atoms with Crippen molar-refractivity contribution in [3.8, 4) is 0 Å². The first-order valence-corrected chi connectivity index (χ1v) is 18.9. The molecule has 0 saturated carbocycles. The molecule has 0 heterocycles. The van der Waals surface area contributed by atoms with Crippen LogP contribution in [-0.4, -0.2) is 65.7 Å². The van der Waals surface area contributed by atoms with E-state index >= 15 is 0 Å². The fraction of sp³-hybridized carbons (Fsp3) is 0.771. The number of ether oxygens (including phenoxy) is 2. The molecule has 0 aliphatic heterocycles. The van der Waals surface area contributed by atoms with Gasteiger partial charge in [0, 0.05) is 12.8 Å². The Morgan fingerprint density at radius 1 is 0.609 bits per heavy atom. The maximum atomic E-state index is 12.2. The molecular weight excluding hydrogens is 611 g/mol. The Morgan fingerprint density at radius 2 is 1.02 bits per heavy atom. The van der Waals surface area contributed by atoms with E-state index < -0.39 is 58.4 Å². The molecular formula is C35H63O10P. The van der Waals surface area contributed by atoms with Gasteiger partial charge in [0.05, 0.1) is 26.4 Å². The predicted octanol–water partition coefficient (Wildman–Crippen LogP) is 8.05. The molecule has 0 aliphatic carbocycles. The number of aliphatic hydroxyl groups is 2. The lowest BCUT2D eigenvalue weighted by molar-refractivity contribution is -0.153. The van der Waals surface area contributed by atoms with Crippen molar-refractivity contribution in [3.63, 3.8) is 0 Å². The second-order valence-electron chi connectivity index (χ2n) is 11.5. The number of allylic oxidation sites excluding steroid dienone is 6. The molecule has 0 radical (unpaired) electrons. The van der Waals surface area contributed by atoms with Gasteiger partial charge >= 0.3 is 19.8 Å². The Bertz CT molecular complexity index is 873. The molecule has 0 fully saturated rings. The fourth-order valence-corrected chi connectivity index (χ4v) is 5.21. The molecule has 11 heteroatoms. The highest BCUT2D eigenvalue weighted by Crippen LogP contribution is 2.43. The van der Waals surface area contributed by atoms with Gasteiger partial charge in [-0.25, -0.2) is 4.57 Å². The second kappa shape index (κ2) is 31.8. The molecule has 3 atom stereocenters. The van der Waals surface area contributed by atoms with Crippen molar-refractivity contribution in [3.05, 3.63) is 36.5 Å². The van der Waals surface area contributed by atoms with Gasteiger partial charge in [0.1, 0.15) is 12.2 Å². The van der Waals surface area contributed by atoms with Gasteiger partial charge < -0.3 is 24.6 Å². The molecule has 0 aliphatic rings. The number of phosphoric acid groups is 1. The highest BCUT2D eigenvalue weighted by atomic mass is 31.2. The number of carbonyl (C=O) groups excluding carboxylic acids is 2. The van der Waals surface area contributed by atoms with Crippen molar-refractivity contribution in [1.29, 1.82) is 0 Å². The highest BCUT2D eigenvalue weighted by Gasteiger charge is 2.27. The Hall–Kier alpha value is -1.81. The lowest BCUT2D eigenvalue weighted by Crippen LogP contribution is -2.28. The van der Waals surface area contributed by atoms with Crippen molar-refractivity contribution in [2.45, 2.75) is 148 Å². The zero-order valence-electron chi connectivity index (χ0n) is 28.5. The van der Waals surface area contributed by atoms with Gasteiger partial charge in [0.25, 0.3) is 0 Å². The lowest BCUT2D eigenvalue weighted by Gasteiger charge is -2.20. The summed E-state index contributed by atoms with van der Waals surface area (Å²) in [4.78, 5) is 34.1. The summed E-state index contributed by atoms with van der Waals surface area (Å²) in [6.45, 7) is 1.97. The molecule has 46 heavy (non-hydrogen) atoms. The SMILES string of the molecule is CC/C=C\C/C=C\C/C=C\CCCCCCCCCC(=O)OC(CO)COP(=O)(O)OCC(CO)OC(=O)CCCCCCCC. The van der Waals surface area contributed by atoms with E-state index in [0.29, 0.717) is 12.8 Å². The molecule has 0 aromatic carbocycles. The number of rotatable bonds is 32. The Morgan fingerprint density at radius 3 is 1.48 bits per heavy atom. The molecule has 0 amide bonds. The quantitative estimate of drug-likeness (QED) is 0.0277. The summed E-state index contributed by atoms with van der Waals surface area (Å²) in [5, 5.41) is 19.0. The number of esters is 2. The van der Waals surface area contributed by atoms with Crippen LogP contribution in [0.3, 0.4) is 0 Å². The van der Waals surface area contributed by atoms with Crippen molar-refractivity contribution in [2.24, 2.45) is 0 Å². The van der Waals surface area contributed by atoms with E-state index in [0.717, 1.165) is 83.5 Å². The molecule has 0 aromatic heterocycles. The van der Waals surface area contributed by atoms with E-state index in [9.17, 15) is 29.3 Å². The Labute approximate surface area is 278 Å². The second-order valence-corrected chi connectivity index (χ2v) is 12.9. The fourth-order valence-electron chi connectivity index (χ4n) is 4.42. The summed E-state index contributed by atoms with van der Waals surface area (Å²) in [5.74, 6) is -1.04. The first-order chi connectivity index (χ1) is 22.3. The van der Waals surface area contributed by atoms with Gasteiger partial charge in [-0.3, -0.25) is 18.6 Å². The van der Waals surface area contributed by atoms with Crippen molar-refractivity contribution in [1.82, 2.24) is 0 Å². The van der Waals surface area contributed by atoms with E-state index in [2.05, 4.69) is 50.3 Å². The van der Waals surface area contributed by atoms with Crippen LogP contribution in [0.25, 0.3) is 0 Å². The summed E-state index contributed by atoms with van der Waals surface area (Å²) in [5.41, 5.74) is 0. The Balaban J connectivity index is 3.98. The first-order valence-electron chi connectivity index (χ1n) is 17.4. The van der Waals surface area contributed by atoms with E-state index in [4.69, 9.17) is 18.5 Å². The topological polar surface area (TPSA) is 149 Å². The van der Waals surface area contributed by atoms with Crippen molar-refractivity contribution >= 4 is 19.8 Å². The van der Waals surface area contributed by atoms with Crippen LogP contribution < -0.4 is 0 Å². The maximum Gasteiger partial charge on any atom is 0.472 e. The summed E-state index contributed by atoms with van der Waals surface area (Å²) in [6.07, 6.45) is 28.8. The lowest BCUT2D eigenvalue weighted by atomic mass is 10.1. The number of hydrogen-bond donors (Lipinski definition) is 3. The van der Waals surface area contributed by atoms with E-state index in [1.165, 1.54) is 12.8 Å². The summed E-state index contributed by atoms with van der Waals surface area (Å²) >= 11 is 0. The molecule has 0 spiro atoms. The highest BCUT2D eigenvalue weighted by molar-refractivity contribution is 7.47. The summed E-state index contributed by atoms with van der Waals surface area (Å²) in [7, 11) is -4.62. The predicted molar refractivity (Wildman–Crippen MR) is 182 cm³/mol. The van der Waals surface area contributed by atoms with Crippen LogP contribution in [0.2, 0.25) is 0 Å². The van der Waals surface area contributed by atoms with Gasteiger partial charge in [-0.15, -0.1) is 0 Å². The van der Waals surface area contributed by atoms with Crippen LogP contribution in [0.5, 0.6) is 0 Å². The van der Waals surface area contributed by atoms with Gasteiger partial charge in [-0.05, 0) is 44.9 Å². The number of hydrogen-bond acceptors (Lipinski definition) is 9. The molecule has 0 bridgehead atoms.